The minimum atomic E-state index is -0.776. The summed E-state index contributed by atoms with van der Waals surface area (Å²) in [5, 5.41) is 4.04. The first-order valence-electron chi connectivity index (χ1n) is 4.63. The maximum absolute atomic E-state index is 11.8. The van der Waals surface area contributed by atoms with Gasteiger partial charge < -0.3 is 4.74 Å². The van der Waals surface area contributed by atoms with Crippen LogP contribution in [0.5, 0.6) is 0 Å². The van der Waals surface area contributed by atoms with E-state index in [4.69, 9.17) is 4.74 Å². The van der Waals surface area contributed by atoms with Crippen molar-refractivity contribution in [1.29, 1.82) is 0 Å². The van der Waals surface area contributed by atoms with E-state index in [1.807, 2.05) is 6.92 Å². The van der Waals surface area contributed by atoms with E-state index in [1.54, 1.807) is 30.9 Å². The van der Waals surface area contributed by atoms with Gasteiger partial charge in [0.1, 0.15) is 5.60 Å². The average molecular weight is 196 g/mol. The summed E-state index contributed by atoms with van der Waals surface area (Å²) in [4.78, 5) is 11.8. The van der Waals surface area contributed by atoms with Crippen LogP contribution in [0.15, 0.2) is 12.4 Å². The Hall–Kier alpha value is -1.16. The maximum atomic E-state index is 11.8. The molecule has 0 saturated carbocycles. The molecule has 14 heavy (non-hydrogen) atoms. The minimum Gasteiger partial charge on any atom is -0.371 e. The van der Waals surface area contributed by atoms with Crippen LogP contribution in [-0.4, -0.2) is 28.3 Å². The molecular weight excluding hydrogens is 180 g/mol. The van der Waals surface area contributed by atoms with Gasteiger partial charge in [0, 0.05) is 19.9 Å². The molecule has 1 aromatic rings. The smallest absolute Gasteiger partial charge is 0.197 e. The molecule has 0 spiro atoms. The number of aryl methyl sites for hydroxylation is 1. The highest BCUT2D eigenvalue weighted by atomic mass is 16.5. The third-order valence-corrected chi connectivity index (χ3v) is 2.28. The third-order valence-electron chi connectivity index (χ3n) is 2.28. The molecule has 0 atom stereocenters. The number of carbonyl (C=O) groups excluding carboxylic acids is 1. The Morgan fingerprint density at radius 1 is 1.64 bits per heavy atom. The Balaban J connectivity index is 2.89. The first kappa shape index (κ1) is 10.9. The van der Waals surface area contributed by atoms with Gasteiger partial charge in [0.25, 0.3) is 0 Å². The highest BCUT2D eigenvalue weighted by molar-refractivity contribution is 6.01. The van der Waals surface area contributed by atoms with Gasteiger partial charge in [0.05, 0.1) is 11.8 Å². The van der Waals surface area contributed by atoms with Crippen LogP contribution in [0, 0.1) is 0 Å². The zero-order valence-electron chi connectivity index (χ0n) is 9.07. The predicted molar refractivity (Wildman–Crippen MR) is 53.3 cm³/mol. The molecule has 0 unspecified atom stereocenters. The molecule has 0 aliphatic rings. The lowest BCUT2D eigenvalue weighted by atomic mass is 9.99. The summed E-state index contributed by atoms with van der Waals surface area (Å²) in [6, 6.07) is 0. The monoisotopic (exact) mass is 196 g/mol. The van der Waals surface area contributed by atoms with Crippen molar-refractivity contribution >= 4 is 5.78 Å². The minimum absolute atomic E-state index is 0.0419. The lowest BCUT2D eigenvalue weighted by Crippen LogP contribution is -2.33. The molecule has 1 heterocycles. The van der Waals surface area contributed by atoms with Crippen LogP contribution < -0.4 is 0 Å². The number of ketones is 1. The van der Waals surface area contributed by atoms with Crippen molar-refractivity contribution in [2.75, 3.05) is 7.11 Å². The Morgan fingerprint density at radius 3 is 2.71 bits per heavy atom. The number of ether oxygens (including phenoxy) is 1. The highest BCUT2D eigenvalue weighted by Gasteiger charge is 2.28. The van der Waals surface area contributed by atoms with Crippen LogP contribution in [-0.2, 0) is 11.3 Å². The largest absolute Gasteiger partial charge is 0.371 e. The molecule has 78 valence electrons. The first-order valence-corrected chi connectivity index (χ1v) is 4.63. The molecule has 0 aromatic carbocycles. The molecule has 0 saturated heterocycles. The van der Waals surface area contributed by atoms with Crippen LogP contribution in [0.25, 0.3) is 0 Å². The van der Waals surface area contributed by atoms with E-state index >= 15 is 0 Å². The van der Waals surface area contributed by atoms with E-state index in [1.165, 1.54) is 7.11 Å². The van der Waals surface area contributed by atoms with Crippen molar-refractivity contribution < 1.29 is 9.53 Å². The van der Waals surface area contributed by atoms with Gasteiger partial charge in [-0.05, 0) is 20.8 Å². The highest BCUT2D eigenvalue weighted by Crippen LogP contribution is 2.15. The van der Waals surface area contributed by atoms with Crippen LogP contribution in [0.3, 0.4) is 0 Å². The van der Waals surface area contributed by atoms with Crippen LogP contribution in [0.4, 0.5) is 0 Å². The van der Waals surface area contributed by atoms with Gasteiger partial charge in [-0.2, -0.15) is 5.10 Å². The van der Waals surface area contributed by atoms with E-state index in [2.05, 4.69) is 5.10 Å². The quantitative estimate of drug-likeness (QED) is 0.686. The Morgan fingerprint density at radius 2 is 2.29 bits per heavy atom. The number of aromatic nitrogens is 2. The number of carbonyl (C=O) groups is 1. The van der Waals surface area contributed by atoms with E-state index in [0.29, 0.717) is 5.56 Å². The van der Waals surface area contributed by atoms with Crippen LogP contribution in [0.2, 0.25) is 0 Å². The molecule has 0 aliphatic carbocycles. The van der Waals surface area contributed by atoms with Crippen molar-refractivity contribution in [3.05, 3.63) is 18.0 Å². The zero-order chi connectivity index (χ0) is 10.8. The fraction of sp³-hybridized carbons (Fsp3) is 0.600. The molecule has 0 bridgehead atoms. The molecule has 4 heteroatoms. The van der Waals surface area contributed by atoms with Crippen LogP contribution >= 0.6 is 0 Å². The topological polar surface area (TPSA) is 44.1 Å². The molecule has 1 aromatic heterocycles. The summed E-state index contributed by atoms with van der Waals surface area (Å²) < 4.78 is 6.83. The number of rotatable bonds is 4. The SMILES string of the molecule is CCn1cc(C(=O)C(C)(C)OC)cn1. The van der Waals surface area contributed by atoms with Gasteiger partial charge in [-0.15, -0.1) is 0 Å². The van der Waals surface area contributed by atoms with Gasteiger partial charge in [0.15, 0.2) is 5.78 Å². The first-order chi connectivity index (χ1) is 6.51. The van der Waals surface area contributed by atoms with Crippen molar-refractivity contribution in [2.45, 2.75) is 32.9 Å². The summed E-state index contributed by atoms with van der Waals surface area (Å²) in [5.74, 6) is -0.0419. The fourth-order valence-electron chi connectivity index (χ4n) is 1.09. The van der Waals surface area contributed by atoms with Gasteiger partial charge in [-0.3, -0.25) is 9.48 Å². The average Bonchev–Trinajstić information content (AvgIpc) is 2.64. The van der Waals surface area contributed by atoms with E-state index in [-0.39, 0.29) is 5.78 Å². The molecule has 0 amide bonds. The zero-order valence-corrected chi connectivity index (χ0v) is 9.07. The second-order valence-corrected chi connectivity index (χ2v) is 3.63. The molecule has 0 N–H and O–H groups in total. The van der Waals surface area contributed by atoms with Crippen molar-refractivity contribution in [2.24, 2.45) is 0 Å². The van der Waals surface area contributed by atoms with Crippen molar-refractivity contribution in [3.8, 4) is 0 Å². The summed E-state index contributed by atoms with van der Waals surface area (Å²) in [7, 11) is 1.53. The van der Waals surface area contributed by atoms with Crippen molar-refractivity contribution in [3.63, 3.8) is 0 Å². The summed E-state index contributed by atoms with van der Waals surface area (Å²) >= 11 is 0. The molecule has 1 rings (SSSR count). The summed E-state index contributed by atoms with van der Waals surface area (Å²) in [6.07, 6.45) is 3.32. The number of nitrogens with zero attached hydrogens (tertiary/aromatic N) is 2. The van der Waals surface area contributed by atoms with E-state index in [9.17, 15) is 4.79 Å². The third kappa shape index (κ3) is 2.01. The molecule has 0 radical (unpaired) electrons. The van der Waals surface area contributed by atoms with E-state index < -0.39 is 5.60 Å². The Bertz CT molecular complexity index is 329. The molecule has 0 aliphatic heterocycles. The molecule has 4 nitrogen and oxygen atoms in total. The standard InChI is InChI=1S/C10H16N2O2/c1-5-12-7-8(6-11-12)9(13)10(2,3)14-4/h6-7H,5H2,1-4H3. The number of methoxy groups -OCH3 is 1. The lowest BCUT2D eigenvalue weighted by Gasteiger charge is -2.19. The van der Waals surface area contributed by atoms with Gasteiger partial charge >= 0.3 is 0 Å². The number of hydrogen-bond donors (Lipinski definition) is 0. The predicted octanol–water partition coefficient (Wildman–Crippen LogP) is 1.51. The second-order valence-electron chi connectivity index (χ2n) is 3.63. The molecule has 0 fully saturated rings. The fourth-order valence-corrected chi connectivity index (χ4v) is 1.09. The van der Waals surface area contributed by atoms with Crippen LogP contribution in [0.1, 0.15) is 31.1 Å². The number of Topliss-reactive ketones (excluding diaryl/α,β-unsaturated/α-hetero) is 1. The van der Waals surface area contributed by atoms with E-state index in [0.717, 1.165) is 6.54 Å². The van der Waals surface area contributed by atoms with Gasteiger partial charge in [0.2, 0.25) is 0 Å². The van der Waals surface area contributed by atoms with Gasteiger partial charge in [-0.25, -0.2) is 0 Å². The lowest BCUT2D eigenvalue weighted by molar-refractivity contribution is 0.0228. The summed E-state index contributed by atoms with van der Waals surface area (Å²) in [5.41, 5.74) is -0.180. The summed E-state index contributed by atoms with van der Waals surface area (Å²) in [6.45, 7) is 6.24. The maximum Gasteiger partial charge on any atom is 0.197 e. The normalized spacial score (nSPS) is 11.7. The number of hydrogen-bond acceptors (Lipinski definition) is 3. The second kappa shape index (κ2) is 3.92. The van der Waals surface area contributed by atoms with Crippen molar-refractivity contribution in [1.82, 2.24) is 9.78 Å². The Kier molecular flexibility index (Phi) is 3.06. The Labute approximate surface area is 83.9 Å². The molecular formula is C10H16N2O2. The van der Waals surface area contributed by atoms with Gasteiger partial charge in [-0.1, -0.05) is 0 Å².